The van der Waals surface area contributed by atoms with Gasteiger partial charge in [-0.25, -0.2) is 0 Å². The molecule has 118 valence electrons. The number of alkyl halides is 3. The zero-order chi connectivity index (χ0) is 16.5. The van der Waals surface area contributed by atoms with E-state index < -0.39 is 17.5 Å². The van der Waals surface area contributed by atoms with Crippen molar-refractivity contribution in [2.45, 2.75) is 32.4 Å². The second-order valence-electron chi connectivity index (χ2n) is 6.05. The molecular formula is C17H17F3O2. The molecule has 0 heterocycles. The Balaban J connectivity index is 2.24. The summed E-state index contributed by atoms with van der Waals surface area (Å²) < 4.78 is 43.6. The number of halogens is 3. The van der Waals surface area contributed by atoms with E-state index in [4.69, 9.17) is 4.74 Å². The summed E-state index contributed by atoms with van der Waals surface area (Å²) in [7, 11) is 0. The molecule has 22 heavy (non-hydrogen) atoms. The third-order valence-corrected chi connectivity index (χ3v) is 3.23. The zero-order valence-corrected chi connectivity index (χ0v) is 12.5. The van der Waals surface area contributed by atoms with Gasteiger partial charge in [0.25, 0.3) is 0 Å². The van der Waals surface area contributed by atoms with Gasteiger partial charge in [0.2, 0.25) is 0 Å². The van der Waals surface area contributed by atoms with Crippen LogP contribution in [0.1, 0.15) is 31.9 Å². The Morgan fingerprint density at radius 2 is 1.41 bits per heavy atom. The Kier molecular flexibility index (Phi) is 4.09. The number of rotatable bonds is 2. The van der Waals surface area contributed by atoms with Crippen molar-refractivity contribution in [3.05, 3.63) is 53.6 Å². The van der Waals surface area contributed by atoms with Gasteiger partial charge in [-0.15, -0.1) is 0 Å². The highest BCUT2D eigenvalue weighted by Gasteiger charge is 2.34. The lowest BCUT2D eigenvalue weighted by atomic mass is 9.87. The van der Waals surface area contributed by atoms with Gasteiger partial charge in [-0.05, 0) is 41.3 Å². The van der Waals surface area contributed by atoms with E-state index in [1.807, 2.05) is 12.1 Å². The molecule has 5 heteroatoms. The van der Waals surface area contributed by atoms with Gasteiger partial charge in [0.05, 0.1) is 0 Å². The van der Waals surface area contributed by atoms with Crippen molar-refractivity contribution in [1.82, 2.24) is 0 Å². The fourth-order valence-electron chi connectivity index (χ4n) is 1.96. The van der Waals surface area contributed by atoms with Gasteiger partial charge < -0.3 is 9.84 Å². The van der Waals surface area contributed by atoms with E-state index >= 15 is 0 Å². The quantitative estimate of drug-likeness (QED) is 0.793. The molecule has 0 aliphatic heterocycles. The maximum Gasteiger partial charge on any atom is 0.420 e. The average molecular weight is 310 g/mol. The number of hydrogen-bond acceptors (Lipinski definition) is 2. The Morgan fingerprint density at radius 1 is 0.864 bits per heavy atom. The normalized spacial score (nSPS) is 12.3. The monoisotopic (exact) mass is 310 g/mol. The van der Waals surface area contributed by atoms with E-state index in [9.17, 15) is 18.3 Å². The molecule has 0 aromatic heterocycles. The lowest BCUT2D eigenvalue weighted by Gasteiger charge is -2.19. The fraction of sp³-hybridized carbons (Fsp3) is 0.294. The summed E-state index contributed by atoms with van der Waals surface area (Å²) in [6.07, 6.45) is -4.63. The highest BCUT2D eigenvalue weighted by atomic mass is 19.4. The molecule has 0 bridgehead atoms. The van der Waals surface area contributed by atoms with Crippen LogP contribution in [0.2, 0.25) is 0 Å². The van der Waals surface area contributed by atoms with E-state index in [-0.39, 0.29) is 11.2 Å². The molecule has 0 radical (unpaired) electrons. The molecular weight excluding hydrogens is 293 g/mol. The second-order valence-corrected chi connectivity index (χ2v) is 6.05. The first kappa shape index (κ1) is 16.2. The maximum atomic E-state index is 12.7. The van der Waals surface area contributed by atoms with Gasteiger partial charge in [-0.2, -0.15) is 13.2 Å². The molecule has 2 rings (SSSR count). The number of aromatic hydroxyl groups is 1. The predicted molar refractivity (Wildman–Crippen MR) is 78.3 cm³/mol. The summed E-state index contributed by atoms with van der Waals surface area (Å²) in [5, 5.41) is 9.29. The molecule has 0 saturated carbocycles. The van der Waals surface area contributed by atoms with Crippen molar-refractivity contribution in [2.24, 2.45) is 0 Å². The van der Waals surface area contributed by atoms with Crippen LogP contribution in [0.4, 0.5) is 13.2 Å². The van der Waals surface area contributed by atoms with Crippen molar-refractivity contribution >= 4 is 0 Å². The molecule has 0 aliphatic rings. The van der Waals surface area contributed by atoms with Crippen molar-refractivity contribution in [2.75, 3.05) is 0 Å². The van der Waals surface area contributed by atoms with Crippen LogP contribution in [0.3, 0.4) is 0 Å². The van der Waals surface area contributed by atoms with Gasteiger partial charge >= 0.3 is 6.18 Å². The summed E-state index contributed by atoms with van der Waals surface area (Å²) in [5.41, 5.74) is -0.0293. The molecule has 0 fully saturated rings. The molecule has 0 aliphatic carbocycles. The zero-order valence-electron chi connectivity index (χ0n) is 12.5. The highest BCUT2D eigenvalue weighted by molar-refractivity contribution is 5.43. The van der Waals surface area contributed by atoms with Crippen LogP contribution in [0, 0.1) is 0 Å². The van der Waals surface area contributed by atoms with Crippen LogP contribution >= 0.6 is 0 Å². The number of phenols is 1. The number of hydrogen-bond donors (Lipinski definition) is 1. The fourth-order valence-corrected chi connectivity index (χ4v) is 1.96. The van der Waals surface area contributed by atoms with Crippen molar-refractivity contribution in [3.63, 3.8) is 0 Å². The van der Waals surface area contributed by atoms with E-state index in [1.54, 1.807) is 12.1 Å². The van der Waals surface area contributed by atoms with Crippen LogP contribution in [0.5, 0.6) is 17.2 Å². The third kappa shape index (κ3) is 3.72. The first-order chi connectivity index (χ1) is 10.1. The molecule has 0 unspecified atom stereocenters. The smallest absolute Gasteiger partial charge is 0.420 e. The molecule has 0 amide bonds. The van der Waals surface area contributed by atoms with Crippen LogP contribution in [0.25, 0.3) is 0 Å². The maximum absolute atomic E-state index is 12.7. The summed E-state index contributed by atoms with van der Waals surface area (Å²) in [4.78, 5) is 0. The topological polar surface area (TPSA) is 29.5 Å². The number of phenolic OH excluding ortho intramolecular Hbond substituents is 1. The lowest BCUT2D eigenvalue weighted by molar-refractivity contribution is -0.138. The average Bonchev–Trinajstić information content (AvgIpc) is 2.39. The Hall–Kier alpha value is -2.17. The first-order valence-corrected chi connectivity index (χ1v) is 6.76. The van der Waals surface area contributed by atoms with Crippen LogP contribution in [0.15, 0.2) is 42.5 Å². The van der Waals surface area contributed by atoms with Crippen molar-refractivity contribution in [3.8, 4) is 17.2 Å². The highest BCUT2D eigenvalue weighted by Crippen LogP contribution is 2.38. The second kappa shape index (κ2) is 5.55. The van der Waals surface area contributed by atoms with E-state index in [2.05, 4.69) is 20.8 Å². The molecule has 2 aromatic carbocycles. The van der Waals surface area contributed by atoms with Crippen molar-refractivity contribution in [1.29, 1.82) is 0 Å². The summed E-state index contributed by atoms with van der Waals surface area (Å²) >= 11 is 0. The molecule has 2 aromatic rings. The minimum atomic E-state index is -4.63. The number of ether oxygens (including phenoxy) is 1. The Labute approximate surface area is 127 Å². The molecule has 0 atom stereocenters. The lowest BCUT2D eigenvalue weighted by Crippen LogP contribution is -2.10. The minimum absolute atomic E-state index is 0.0134. The standard InChI is InChI=1S/C17H17F3O2/c1-16(2,3)11-4-6-12(7-5-11)22-13-8-9-15(21)14(10-13)17(18,19)20/h4-10,21H,1-3H3. The van der Waals surface area contributed by atoms with Crippen LogP contribution in [-0.2, 0) is 11.6 Å². The summed E-state index contributed by atoms with van der Waals surface area (Å²) in [6.45, 7) is 6.20. The Morgan fingerprint density at radius 3 is 1.91 bits per heavy atom. The predicted octanol–water partition coefficient (Wildman–Crippen LogP) is 5.50. The van der Waals surface area contributed by atoms with Gasteiger partial charge in [0.1, 0.15) is 22.8 Å². The summed E-state index contributed by atoms with van der Waals surface area (Å²) in [5.74, 6) is -0.358. The van der Waals surface area contributed by atoms with E-state index in [1.165, 1.54) is 6.07 Å². The van der Waals surface area contributed by atoms with Gasteiger partial charge in [0, 0.05) is 0 Å². The summed E-state index contributed by atoms with van der Waals surface area (Å²) in [6, 6.07) is 10.2. The molecule has 0 saturated heterocycles. The third-order valence-electron chi connectivity index (χ3n) is 3.23. The first-order valence-electron chi connectivity index (χ1n) is 6.76. The van der Waals surface area contributed by atoms with Gasteiger partial charge in [-0.3, -0.25) is 0 Å². The number of benzene rings is 2. The van der Waals surface area contributed by atoms with Crippen LogP contribution in [-0.4, -0.2) is 5.11 Å². The van der Waals surface area contributed by atoms with Gasteiger partial charge in [0.15, 0.2) is 0 Å². The SMILES string of the molecule is CC(C)(C)c1ccc(Oc2ccc(O)c(C(F)(F)F)c2)cc1. The van der Waals surface area contributed by atoms with Crippen LogP contribution < -0.4 is 4.74 Å². The van der Waals surface area contributed by atoms with E-state index in [0.717, 1.165) is 17.7 Å². The molecule has 1 N–H and O–H groups in total. The van der Waals surface area contributed by atoms with Crippen molar-refractivity contribution < 1.29 is 23.0 Å². The Bertz CT molecular complexity index is 653. The minimum Gasteiger partial charge on any atom is -0.507 e. The van der Waals surface area contributed by atoms with E-state index in [0.29, 0.717) is 5.75 Å². The molecule has 2 nitrogen and oxygen atoms in total. The largest absolute Gasteiger partial charge is 0.507 e. The molecule has 0 spiro atoms. The van der Waals surface area contributed by atoms with Gasteiger partial charge in [-0.1, -0.05) is 32.9 Å².